The number of nitrogens with zero attached hydrogens (tertiary/aromatic N) is 2. The molecule has 3 aliphatic rings. The molecule has 28 heavy (non-hydrogen) atoms. The number of para-hydroxylation sites is 1. The first-order valence-corrected chi connectivity index (χ1v) is 9.71. The van der Waals surface area contributed by atoms with Gasteiger partial charge in [-0.05, 0) is 42.7 Å². The van der Waals surface area contributed by atoms with Crippen LogP contribution in [0, 0.1) is 12.3 Å². The van der Waals surface area contributed by atoms with Gasteiger partial charge in [-0.2, -0.15) is 0 Å². The predicted molar refractivity (Wildman–Crippen MR) is 106 cm³/mol. The summed E-state index contributed by atoms with van der Waals surface area (Å²) < 4.78 is 5.94. The highest BCUT2D eigenvalue weighted by molar-refractivity contribution is 5.99. The van der Waals surface area contributed by atoms with Crippen LogP contribution in [0.1, 0.15) is 21.5 Å². The van der Waals surface area contributed by atoms with Crippen LogP contribution in [0.4, 0.5) is 10.5 Å². The molecule has 2 aromatic rings. The van der Waals surface area contributed by atoms with Crippen molar-refractivity contribution in [3.05, 3.63) is 59.2 Å². The van der Waals surface area contributed by atoms with Crippen LogP contribution in [0.15, 0.2) is 42.5 Å². The van der Waals surface area contributed by atoms with Gasteiger partial charge < -0.3 is 15.0 Å². The third-order valence-electron chi connectivity index (χ3n) is 6.02. The lowest BCUT2D eigenvalue weighted by Crippen LogP contribution is -2.62. The Kier molecular flexibility index (Phi) is 3.82. The van der Waals surface area contributed by atoms with E-state index in [2.05, 4.69) is 11.4 Å². The first-order chi connectivity index (χ1) is 13.5. The summed E-state index contributed by atoms with van der Waals surface area (Å²) in [6, 6.07) is 13.7. The van der Waals surface area contributed by atoms with Crippen molar-refractivity contribution in [3.63, 3.8) is 0 Å². The number of likely N-dealkylation sites (tertiary alicyclic amines) is 1. The molecule has 0 saturated carbocycles. The monoisotopic (exact) mass is 377 g/mol. The van der Waals surface area contributed by atoms with E-state index in [-0.39, 0.29) is 17.4 Å². The van der Waals surface area contributed by atoms with Crippen LogP contribution in [0.3, 0.4) is 0 Å². The summed E-state index contributed by atoms with van der Waals surface area (Å²) >= 11 is 0. The summed E-state index contributed by atoms with van der Waals surface area (Å²) in [5.41, 5.74) is 3.68. The highest BCUT2D eigenvalue weighted by Crippen LogP contribution is 2.41. The number of carbonyl (C=O) groups excluding carboxylic acids is 2. The number of hydrogen-bond acceptors (Lipinski definition) is 3. The van der Waals surface area contributed by atoms with Gasteiger partial charge in [0.05, 0.1) is 6.61 Å². The van der Waals surface area contributed by atoms with E-state index in [0.29, 0.717) is 38.3 Å². The van der Waals surface area contributed by atoms with Crippen molar-refractivity contribution in [2.24, 2.45) is 5.41 Å². The summed E-state index contributed by atoms with van der Waals surface area (Å²) in [4.78, 5) is 28.6. The molecule has 2 aromatic carbocycles. The van der Waals surface area contributed by atoms with Gasteiger partial charge in [-0.25, -0.2) is 4.79 Å². The number of rotatable bonds is 2. The number of nitrogens with one attached hydrogen (secondary N) is 1. The average Bonchev–Trinajstić information content (AvgIpc) is 3.11. The fraction of sp³-hybridized carbons (Fsp3) is 0.364. The molecule has 0 radical (unpaired) electrons. The summed E-state index contributed by atoms with van der Waals surface area (Å²) in [7, 11) is 0. The summed E-state index contributed by atoms with van der Waals surface area (Å²) in [6.07, 6.45) is 0.944. The second-order valence-corrected chi connectivity index (χ2v) is 8.12. The largest absolute Gasteiger partial charge is 0.493 e. The Morgan fingerprint density at radius 2 is 2.00 bits per heavy atom. The first-order valence-electron chi connectivity index (χ1n) is 9.71. The molecule has 1 N–H and O–H groups in total. The molecule has 144 valence electrons. The van der Waals surface area contributed by atoms with E-state index in [0.717, 1.165) is 23.4 Å². The third kappa shape index (κ3) is 2.71. The average molecular weight is 377 g/mol. The number of aryl methyl sites for hydroxylation is 1. The molecule has 3 aliphatic heterocycles. The van der Waals surface area contributed by atoms with Crippen LogP contribution in [0.25, 0.3) is 0 Å². The number of anilines is 1. The van der Waals surface area contributed by atoms with Crippen LogP contribution >= 0.6 is 0 Å². The molecular formula is C22H23N3O3. The molecule has 2 fully saturated rings. The van der Waals surface area contributed by atoms with Crippen molar-refractivity contribution < 1.29 is 14.3 Å². The number of hydrogen-bond donors (Lipinski definition) is 1. The lowest BCUT2D eigenvalue weighted by Gasteiger charge is -2.51. The summed E-state index contributed by atoms with van der Waals surface area (Å²) in [6.45, 7) is 5.28. The van der Waals surface area contributed by atoms with E-state index in [1.807, 2.05) is 48.2 Å². The van der Waals surface area contributed by atoms with E-state index >= 15 is 0 Å². The maximum atomic E-state index is 13.0. The molecule has 6 nitrogen and oxygen atoms in total. The van der Waals surface area contributed by atoms with Gasteiger partial charge in [0.2, 0.25) is 0 Å². The van der Waals surface area contributed by atoms with Gasteiger partial charge in [-0.15, -0.1) is 0 Å². The summed E-state index contributed by atoms with van der Waals surface area (Å²) in [5.74, 6) is 0.982. The Morgan fingerprint density at radius 3 is 2.79 bits per heavy atom. The second kappa shape index (κ2) is 6.26. The Morgan fingerprint density at radius 1 is 1.18 bits per heavy atom. The Labute approximate surface area is 164 Å². The topological polar surface area (TPSA) is 61.9 Å². The van der Waals surface area contributed by atoms with Crippen LogP contribution in [-0.2, 0) is 6.42 Å². The SMILES string of the molecule is Cc1ccc(C(=O)N2CC3(COc4ccccc4C3)C2)cc1N1CCNC1=O. The molecular weight excluding hydrogens is 354 g/mol. The van der Waals surface area contributed by atoms with Crippen molar-refractivity contribution in [1.82, 2.24) is 10.2 Å². The highest BCUT2D eigenvalue weighted by Gasteiger charge is 2.48. The zero-order valence-electron chi connectivity index (χ0n) is 15.9. The minimum atomic E-state index is -0.103. The Bertz CT molecular complexity index is 965. The zero-order chi connectivity index (χ0) is 19.3. The molecule has 3 amide bonds. The molecule has 0 aromatic heterocycles. The fourth-order valence-corrected chi connectivity index (χ4v) is 4.50. The van der Waals surface area contributed by atoms with Gasteiger partial charge in [0, 0.05) is 42.8 Å². The maximum Gasteiger partial charge on any atom is 0.322 e. The molecule has 0 aliphatic carbocycles. The second-order valence-electron chi connectivity index (χ2n) is 8.12. The van der Waals surface area contributed by atoms with Crippen molar-refractivity contribution in [2.75, 3.05) is 37.7 Å². The quantitative estimate of drug-likeness (QED) is 0.875. The van der Waals surface area contributed by atoms with E-state index in [9.17, 15) is 9.59 Å². The van der Waals surface area contributed by atoms with Crippen LogP contribution < -0.4 is 15.0 Å². The molecule has 0 atom stereocenters. The van der Waals surface area contributed by atoms with Gasteiger partial charge in [0.1, 0.15) is 5.75 Å². The first kappa shape index (κ1) is 17.1. The van der Waals surface area contributed by atoms with Crippen molar-refractivity contribution in [2.45, 2.75) is 13.3 Å². The number of carbonyl (C=O) groups is 2. The lowest BCUT2D eigenvalue weighted by atomic mass is 9.73. The highest BCUT2D eigenvalue weighted by atomic mass is 16.5. The number of ether oxygens (including phenoxy) is 1. The van der Waals surface area contributed by atoms with Crippen LogP contribution in [0.2, 0.25) is 0 Å². The number of amides is 3. The predicted octanol–water partition coefficient (Wildman–Crippen LogP) is 2.60. The zero-order valence-corrected chi connectivity index (χ0v) is 15.9. The van der Waals surface area contributed by atoms with Gasteiger partial charge >= 0.3 is 6.03 Å². The van der Waals surface area contributed by atoms with Gasteiger partial charge in [-0.1, -0.05) is 24.3 Å². The minimum Gasteiger partial charge on any atom is -0.493 e. The van der Waals surface area contributed by atoms with Crippen molar-refractivity contribution >= 4 is 17.6 Å². The normalized spacial score (nSPS) is 19.7. The standard InChI is InChI=1S/C22H23N3O3/c1-15-6-7-16(10-18(15)25-9-8-23-21(25)27)20(26)24-12-22(13-24)11-17-4-2-3-5-19(17)28-14-22/h2-7,10H,8-9,11-14H2,1H3,(H,23,27). The number of benzene rings is 2. The molecule has 1 spiro atoms. The Balaban J connectivity index is 1.32. The van der Waals surface area contributed by atoms with Crippen molar-refractivity contribution in [3.8, 4) is 5.75 Å². The Hall–Kier alpha value is -3.02. The van der Waals surface area contributed by atoms with E-state index < -0.39 is 0 Å². The molecule has 0 bridgehead atoms. The van der Waals surface area contributed by atoms with E-state index in [1.54, 1.807) is 4.90 Å². The third-order valence-corrected chi connectivity index (χ3v) is 6.02. The van der Waals surface area contributed by atoms with Gasteiger partial charge in [0.15, 0.2) is 0 Å². The van der Waals surface area contributed by atoms with E-state index in [1.165, 1.54) is 5.56 Å². The van der Waals surface area contributed by atoms with Crippen LogP contribution in [0.5, 0.6) is 5.75 Å². The van der Waals surface area contributed by atoms with E-state index in [4.69, 9.17) is 4.74 Å². The molecule has 5 rings (SSSR count). The minimum absolute atomic E-state index is 0.0188. The molecule has 3 heterocycles. The smallest absolute Gasteiger partial charge is 0.322 e. The van der Waals surface area contributed by atoms with Gasteiger partial charge in [-0.3, -0.25) is 9.69 Å². The van der Waals surface area contributed by atoms with Gasteiger partial charge in [0.25, 0.3) is 5.91 Å². The number of fused-ring (bicyclic) bond motifs is 1. The molecule has 0 unspecified atom stereocenters. The lowest BCUT2D eigenvalue weighted by molar-refractivity contribution is -0.0290. The van der Waals surface area contributed by atoms with Crippen LogP contribution in [-0.4, -0.2) is 49.6 Å². The molecule has 6 heteroatoms. The fourth-order valence-electron chi connectivity index (χ4n) is 4.50. The number of urea groups is 1. The summed E-state index contributed by atoms with van der Waals surface area (Å²) in [5, 5.41) is 2.81. The maximum absolute atomic E-state index is 13.0. The molecule has 2 saturated heterocycles. The van der Waals surface area contributed by atoms with Crippen molar-refractivity contribution in [1.29, 1.82) is 0 Å².